The largest absolute Gasteiger partial charge is 0.467 e. The SMILES string of the molecule is COC(=O)C(F)CCl. The van der Waals surface area contributed by atoms with Crippen LogP contribution in [0.2, 0.25) is 0 Å². The summed E-state index contributed by atoms with van der Waals surface area (Å²) in [6.45, 7) is 0. The summed E-state index contributed by atoms with van der Waals surface area (Å²) < 4.78 is 15.9. The first-order valence-electron chi connectivity index (χ1n) is 2.00. The zero-order valence-corrected chi connectivity index (χ0v) is 5.11. The highest BCUT2D eigenvalue weighted by Gasteiger charge is 2.14. The van der Waals surface area contributed by atoms with Crippen molar-refractivity contribution in [1.29, 1.82) is 0 Å². The van der Waals surface area contributed by atoms with Gasteiger partial charge in [0.2, 0.25) is 6.17 Å². The van der Waals surface area contributed by atoms with Crippen LogP contribution in [0, 0.1) is 0 Å². The third-order valence-corrected chi connectivity index (χ3v) is 0.863. The van der Waals surface area contributed by atoms with Gasteiger partial charge in [-0.2, -0.15) is 0 Å². The second-order valence-electron chi connectivity index (χ2n) is 1.14. The van der Waals surface area contributed by atoms with E-state index in [0.29, 0.717) is 0 Å². The summed E-state index contributed by atoms with van der Waals surface area (Å²) in [5.74, 6) is -1.26. The highest BCUT2D eigenvalue weighted by molar-refractivity contribution is 6.19. The monoisotopic (exact) mass is 140 g/mol. The van der Waals surface area contributed by atoms with Crippen LogP contribution < -0.4 is 0 Å². The molecule has 0 saturated carbocycles. The van der Waals surface area contributed by atoms with E-state index < -0.39 is 12.1 Å². The lowest BCUT2D eigenvalue weighted by Gasteiger charge is -1.98. The summed E-state index contributed by atoms with van der Waals surface area (Å²) in [7, 11) is 1.11. The van der Waals surface area contributed by atoms with Gasteiger partial charge in [-0.1, -0.05) is 0 Å². The summed E-state index contributed by atoms with van der Waals surface area (Å²) in [6.07, 6.45) is -1.68. The summed E-state index contributed by atoms with van der Waals surface area (Å²) in [6, 6.07) is 0. The Morgan fingerprint density at radius 3 is 2.62 bits per heavy atom. The molecule has 1 unspecified atom stereocenters. The van der Waals surface area contributed by atoms with Gasteiger partial charge in [0.05, 0.1) is 13.0 Å². The quantitative estimate of drug-likeness (QED) is 0.418. The van der Waals surface area contributed by atoms with Crippen molar-refractivity contribution in [2.24, 2.45) is 0 Å². The van der Waals surface area contributed by atoms with Crippen molar-refractivity contribution < 1.29 is 13.9 Å². The summed E-state index contributed by atoms with van der Waals surface area (Å²) >= 11 is 4.95. The summed E-state index contributed by atoms with van der Waals surface area (Å²) in [5, 5.41) is 0. The molecule has 48 valence electrons. The van der Waals surface area contributed by atoms with Gasteiger partial charge in [-0.25, -0.2) is 9.18 Å². The topological polar surface area (TPSA) is 26.3 Å². The number of hydrogen-bond acceptors (Lipinski definition) is 2. The van der Waals surface area contributed by atoms with Crippen LogP contribution in [0.15, 0.2) is 0 Å². The molecule has 0 aromatic heterocycles. The lowest BCUT2D eigenvalue weighted by Crippen LogP contribution is -2.18. The molecular formula is C4H6ClFO2. The molecule has 0 aromatic carbocycles. The Balaban J connectivity index is 3.46. The molecule has 0 radical (unpaired) electrons. The van der Waals surface area contributed by atoms with Crippen molar-refractivity contribution in [2.75, 3.05) is 13.0 Å². The molecule has 0 heterocycles. The van der Waals surface area contributed by atoms with Crippen molar-refractivity contribution in [1.82, 2.24) is 0 Å². The number of ether oxygens (including phenoxy) is 1. The van der Waals surface area contributed by atoms with Crippen molar-refractivity contribution in [3.63, 3.8) is 0 Å². The molecule has 8 heavy (non-hydrogen) atoms. The van der Waals surface area contributed by atoms with E-state index in [9.17, 15) is 9.18 Å². The second kappa shape index (κ2) is 3.66. The number of esters is 1. The van der Waals surface area contributed by atoms with E-state index in [2.05, 4.69) is 4.74 Å². The van der Waals surface area contributed by atoms with E-state index in [1.165, 1.54) is 0 Å². The Morgan fingerprint density at radius 2 is 2.50 bits per heavy atom. The van der Waals surface area contributed by atoms with Crippen LogP contribution in [0.25, 0.3) is 0 Å². The van der Waals surface area contributed by atoms with E-state index >= 15 is 0 Å². The highest BCUT2D eigenvalue weighted by Crippen LogP contribution is 1.95. The number of hydrogen-bond donors (Lipinski definition) is 0. The van der Waals surface area contributed by atoms with Crippen LogP contribution >= 0.6 is 11.6 Å². The fourth-order valence-corrected chi connectivity index (χ4v) is 0.317. The first kappa shape index (κ1) is 7.69. The zero-order valence-electron chi connectivity index (χ0n) is 4.36. The molecule has 0 N–H and O–H groups in total. The number of carbonyl (C=O) groups excluding carboxylic acids is 1. The van der Waals surface area contributed by atoms with Gasteiger partial charge in [-0.15, -0.1) is 11.6 Å². The summed E-state index contributed by atoms with van der Waals surface area (Å²) in [5.41, 5.74) is 0. The lowest BCUT2D eigenvalue weighted by atomic mass is 10.4. The molecule has 0 spiro atoms. The van der Waals surface area contributed by atoms with E-state index in [1.807, 2.05) is 0 Å². The minimum absolute atomic E-state index is 0.341. The first-order valence-corrected chi connectivity index (χ1v) is 2.53. The number of alkyl halides is 2. The van der Waals surface area contributed by atoms with Gasteiger partial charge >= 0.3 is 5.97 Å². The van der Waals surface area contributed by atoms with Crippen LogP contribution in [0.4, 0.5) is 4.39 Å². The molecule has 0 aliphatic heterocycles. The van der Waals surface area contributed by atoms with Gasteiger partial charge in [-0.3, -0.25) is 0 Å². The Kier molecular flexibility index (Phi) is 3.52. The molecule has 0 aromatic rings. The van der Waals surface area contributed by atoms with Gasteiger partial charge in [0.25, 0.3) is 0 Å². The highest BCUT2D eigenvalue weighted by atomic mass is 35.5. The van der Waals surface area contributed by atoms with Gasteiger partial charge < -0.3 is 4.74 Å². The molecule has 0 amide bonds. The molecule has 0 fully saturated rings. The number of methoxy groups -OCH3 is 1. The predicted molar refractivity (Wildman–Crippen MR) is 27.6 cm³/mol. The Hall–Kier alpha value is -0.310. The van der Waals surface area contributed by atoms with Crippen LogP contribution in [-0.2, 0) is 9.53 Å². The van der Waals surface area contributed by atoms with Crippen LogP contribution in [0.1, 0.15) is 0 Å². The smallest absolute Gasteiger partial charge is 0.341 e. The standard InChI is InChI=1S/C4H6ClFO2/c1-8-4(7)3(6)2-5/h3H,2H2,1H3. The van der Waals surface area contributed by atoms with Crippen molar-refractivity contribution in [3.05, 3.63) is 0 Å². The Morgan fingerprint density at radius 1 is 2.00 bits per heavy atom. The Labute approximate surface area is 51.6 Å². The van der Waals surface area contributed by atoms with Crippen molar-refractivity contribution in [3.8, 4) is 0 Å². The van der Waals surface area contributed by atoms with Gasteiger partial charge in [0.1, 0.15) is 0 Å². The minimum Gasteiger partial charge on any atom is -0.467 e. The predicted octanol–water partition coefficient (Wildman–Crippen LogP) is 0.736. The average molecular weight is 141 g/mol. The van der Waals surface area contributed by atoms with Gasteiger partial charge in [0, 0.05) is 0 Å². The maximum absolute atomic E-state index is 11.9. The lowest BCUT2D eigenvalue weighted by molar-refractivity contribution is -0.145. The number of rotatable bonds is 2. The number of halogens is 2. The number of carbonyl (C=O) groups is 1. The fourth-order valence-electron chi connectivity index (χ4n) is 0.191. The second-order valence-corrected chi connectivity index (χ2v) is 1.45. The molecule has 0 bridgehead atoms. The van der Waals surface area contributed by atoms with Gasteiger partial charge in [0.15, 0.2) is 0 Å². The maximum atomic E-state index is 11.9. The van der Waals surface area contributed by atoms with Crippen molar-refractivity contribution >= 4 is 17.6 Å². The van der Waals surface area contributed by atoms with Crippen LogP contribution in [-0.4, -0.2) is 25.1 Å². The molecule has 4 heteroatoms. The molecule has 0 rings (SSSR count). The molecular weight excluding hydrogens is 134 g/mol. The average Bonchev–Trinajstić information content (AvgIpc) is 1.84. The van der Waals surface area contributed by atoms with Crippen LogP contribution in [0.5, 0.6) is 0 Å². The normalized spacial score (nSPS) is 12.9. The summed E-state index contributed by atoms with van der Waals surface area (Å²) in [4.78, 5) is 10.1. The third-order valence-electron chi connectivity index (χ3n) is 0.592. The van der Waals surface area contributed by atoms with Crippen molar-refractivity contribution in [2.45, 2.75) is 6.17 Å². The van der Waals surface area contributed by atoms with Crippen LogP contribution in [0.3, 0.4) is 0 Å². The minimum atomic E-state index is -1.68. The van der Waals surface area contributed by atoms with E-state index in [4.69, 9.17) is 11.6 Å². The van der Waals surface area contributed by atoms with E-state index in [1.54, 1.807) is 0 Å². The molecule has 0 saturated heterocycles. The molecule has 2 nitrogen and oxygen atoms in total. The third kappa shape index (κ3) is 2.12. The molecule has 0 aliphatic carbocycles. The van der Waals surface area contributed by atoms with Gasteiger partial charge in [-0.05, 0) is 0 Å². The molecule has 0 aliphatic rings. The zero-order chi connectivity index (χ0) is 6.57. The fraction of sp³-hybridized carbons (Fsp3) is 0.750. The first-order chi connectivity index (χ1) is 3.72. The van der Waals surface area contributed by atoms with E-state index in [0.717, 1.165) is 7.11 Å². The Bertz CT molecular complexity index is 86.1. The van der Waals surface area contributed by atoms with E-state index in [-0.39, 0.29) is 5.88 Å². The maximum Gasteiger partial charge on any atom is 0.341 e. The molecule has 1 atom stereocenters.